The van der Waals surface area contributed by atoms with Crippen LogP contribution in [-0.4, -0.2) is 26.0 Å². The van der Waals surface area contributed by atoms with Gasteiger partial charge in [0, 0.05) is 6.54 Å². The van der Waals surface area contributed by atoms with E-state index in [4.69, 9.17) is 28.3 Å². The first kappa shape index (κ1) is 24.1. The van der Waals surface area contributed by atoms with Crippen LogP contribution in [0, 0.1) is 5.92 Å². The molecule has 0 aliphatic carbocycles. The van der Waals surface area contributed by atoms with Gasteiger partial charge in [-0.3, -0.25) is 9.10 Å². The van der Waals surface area contributed by atoms with Crippen LogP contribution in [0.5, 0.6) is 0 Å². The van der Waals surface area contributed by atoms with Gasteiger partial charge in [0.1, 0.15) is 4.90 Å². The molecule has 3 rings (SSSR count). The normalized spacial score (nSPS) is 11.5. The van der Waals surface area contributed by atoms with Crippen LogP contribution in [0.4, 0.5) is 5.69 Å². The average molecular weight is 492 g/mol. The molecule has 0 spiro atoms. The fourth-order valence-electron chi connectivity index (χ4n) is 3.32. The van der Waals surface area contributed by atoms with Crippen LogP contribution in [0.1, 0.15) is 19.4 Å². The Bertz CT molecular complexity index is 1190. The van der Waals surface area contributed by atoms with Crippen molar-refractivity contribution in [3.05, 3.63) is 82.3 Å². The van der Waals surface area contributed by atoms with E-state index in [9.17, 15) is 13.2 Å². The lowest BCUT2D eigenvalue weighted by molar-refractivity contribution is -0.136. The van der Waals surface area contributed by atoms with E-state index < -0.39 is 16.0 Å². The quantitative estimate of drug-likeness (QED) is 0.410. The highest BCUT2D eigenvalue weighted by Gasteiger charge is 2.30. The molecule has 0 saturated heterocycles. The SMILES string of the molecule is CC(C)CN(c1ccc(-c2ccc(CC(=O)O)cc2)cc1)S(=O)(=O)c1c(Cl)cccc1Cl. The number of carbonyl (C=O) groups is 1. The Labute approximate surface area is 198 Å². The Morgan fingerprint density at radius 1 is 0.906 bits per heavy atom. The number of nitrogens with zero attached hydrogens (tertiary/aromatic N) is 1. The second kappa shape index (κ2) is 9.94. The maximum Gasteiger partial charge on any atom is 0.307 e. The molecular formula is C24H23Cl2NO4S. The zero-order chi connectivity index (χ0) is 23.5. The third-order valence-corrected chi connectivity index (χ3v) is 7.55. The first-order chi connectivity index (χ1) is 15.1. The molecule has 0 heterocycles. The summed E-state index contributed by atoms with van der Waals surface area (Å²) in [5.41, 5.74) is 3.00. The number of halogens is 2. The van der Waals surface area contributed by atoms with Crippen LogP contribution in [0.3, 0.4) is 0 Å². The molecule has 0 saturated carbocycles. The van der Waals surface area contributed by atoms with Gasteiger partial charge in [0.05, 0.1) is 22.2 Å². The van der Waals surface area contributed by atoms with Crippen molar-refractivity contribution in [2.75, 3.05) is 10.8 Å². The zero-order valence-electron chi connectivity index (χ0n) is 17.6. The summed E-state index contributed by atoms with van der Waals surface area (Å²) in [6.45, 7) is 4.13. The molecule has 5 nitrogen and oxygen atoms in total. The van der Waals surface area contributed by atoms with Crippen LogP contribution in [0.15, 0.2) is 71.6 Å². The number of carboxylic acids is 1. The molecule has 0 aromatic heterocycles. The van der Waals surface area contributed by atoms with Gasteiger partial charge in [0.2, 0.25) is 0 Å². The topological polar surface area (TPSA) is 74.7 Å². The maximum atomic E-state index is 13.5. The zero-order valence-corrected chi connectivity index (χ0v) is 20.0. The minimum Gasteiger partial charge on any atom is -0.481 e. The third-order valence-electron chi connectivity index (χ3n) is 4.80. The molecule has 0 bridgehead atoms. The van der Waals surface area contributed by atoms with Crippen molar-refractivity contribution in [2.24, 2.45) is 5.92 Å². The molecule has 1 N–H and O–H groups in total. The van der Waals surface area contributed by atoms with Gasteiger partial charge in [-0.05, 0) is 46.9 Å². The lowest BCUT2D eigenvalue weighted by atomic mass is 10.0. The van der Waals surface area contributed by atoms with E-state index >= 15 is 0 Å². The number of benzene rings is 3. The number of aliphatic carboxylic acids is 1. The lowest BCUT2D eigenvalue weighted by Gasteiger charge is -2.27. The van der Waals surface area contributed by atoms with Crippen molar-refractivity contribution in [3.63, 3.8) is 0 Å². The van der Waals surface area contributed by atoms with Crippen LogP contribution in [0.2, 0.25) is 10.0 Å². The highest BCUT2D eigenvalue weighted by atomic mass is 35.5. The van der Waals surface area contributed by atoms with Gasteiger partial charge in [-0.1, -0.05) is 79.5 Å². The Balaban J connectivity index is 1.96. The summed E-state index contributed by atoms with van der Waals surface area (Å²) in [6.07, 6.45) is -0.0359. The Hall–Kier alpha value is -2.54. The largest absolute Gasteiger partial charge is 0.481 e. The lowest BCUT2D eigenvalue weighted by Crippen LogP contribution is -2.34. The van der Waals surface area contributed by atoms with Crippen molar-refractivity contribution >= 4 is 44.9 Å². The van der Waals surface area contributed by atoms with Crippen LogP contribution >= 0.6 is 23.2 Å². The summed E-state index contributed by atoms with van der Waals surface area (Å²) in [4.78, 5) is 10.7. The van der Waals surface area contributed by atoms with Gasteiger partial charge < -0.3 is 5.11 Å². The second-order valence-corrected chi connectivity index (χ2v) is 10.4. The maximum absolute atomic E-state index is 13.5. The molecule has 168 valence electrons. The summed E-state index contributed by atoms with van der Waals surface area (Å²) in [7, 11) is -3.99. The Kier molecular flexibility index (Phi) is 7.49. The highest BCUT2D eigenvalue weighted by molar-refractivity contribution is 7.93. The van der Waals surface area contributed by atoms with Gasteiger partial charge in [-0.15, -0.1) is 0 Å². The van der Waals surface area contributed by atoms with Gasteiger partial charge in [-0.2, -0.15) is 0 Å². The van der Waals surface area contributed by atoms with Gasteiger partial charge in [-0.25, -0.2) is 8.42 Å². The number of carboxylic acid groups (broad SMARTS) is 1. The number of sulfonamides is 1. The second-order valence-electron chi connectivity index (χ2n) is 7.80. The molecule has 0 atom stereocenters. The fraction of sp³-hybridized carbons (Fsp3) is 0.208. The van der Waals surface area contributed by atoms with Crippen molar-refractivity contribution in [1.82, 2.24) is 0 Å². The van der Waals surface area contributed by atoms with E-state index in [0.717, 1.165) is 11.1 Å². The van der Waals surface area contributed by atoms with E-state index in [1.165, 1.54) is 16.4 Å². The molecule has 0 unspecified atom stereocenters. The summed E-state index contributed by atoms with van der Waals surface area (Å²) in [5.74, 6) is -0.820. The first-order valence-corrected chi connectivity index (χ1v) is 12.2. The summed E-state index contributed by atoms with van der Waals surface area (Å²) in [6, 6.07) is 19.0. The number of hydrogen-bond acceptors (Lipinski definition) is 3. The van der Waals surface area contributed by atoms with E-state index in [1.54, 1.807) is 30.3 Å². The Morgan fingerprint density at radius 3 is 1.88 bits per heavy atom. The number of rotatable bonds is 8. The first-order valence-electron chi connectivity index (χ1n) is 9.97. The molecule has 0 amide bonds. The van der Waals surface area contributed by atoms with Gasteiger partial charge in [0.25, 0.3) is 10.0 Å². The molecule has 0 aliphatic rings. The molecule has 0 fully saturated rings. The summed E-state index contributed by atoms with van der Waals surface area (Å²) < 4.78 is 28.3. The number of hydrogen-bond donors (Lipinski definition) is 1. The summed E-state index contributed by atoms with van der Waals surface area (Å²) in [5, 5.41) is 9.06. The average Bonchev–Trinajstić information content (AvgIpc) is 2.72. The molecule has 3 aromatic rings. The predicted octanol–water partition coefficient (Wildman–Crippen LogP) is 6.14. The molecule has 32 heavy (non-hydrogen) atoms. The Morgan fingerprint density at radius 2 is 1.41 bits per heavy atom. The standard InChI is InChI=1S/C24H23Cl2NO4S/c1-16(2)15-27(32(30,31)24-21(25)4-3-5-22(24)26)20-12-10-19(11-13-20)18-8-6-17(7-9-18)14-23(28)29/h3-13,16H,14-15H2,1-2H3,(H,28,29). The molecule has 3 aromatic carbocycles. The highest BCUT2D eigenvalue weighted by Crippen LogP contribution is 2.35. The minimum absolute atomic E-state index is 0.0359. The van der Waals surface area contributed by atoms with E-state index in [0.29, 0.717) is 11.3 Å². The van der Waals surface area contributed by atoms with Crippen LogP contribution in [0.25, 0.3) is 11.1 Å². The molecular weight excluding hydrogens is 469 g/mol. The van der Waals surface area contributed by atoms with E-state index in [-0.39, 0.29) is 33.8 Å². The van der Waals surface area contributed by atoms with E-state index in [2.05, 4.69) is 0 Å². The molecule has 8 heteroatoms. The van der Waals surface area contributed by atoms with Gasteiger partial charge in [0.15, 0.2) is 0 Å². The third kappa shape index (κ3) is 5.44. The smallest absolute Gasteiger partial charge is 0.307 e. The van der Waals surface area contributed by atoms with Crippen LogP contribution < -0.4 is 4.31 Å². The molecule has 0 aliphatic heterocycles. The van der Waals surface area contributed by atoms with Crippen molar-refractivity contribution in [3.8, 4) is 11.1 Å². The van der Waals surface area contributed by atoms with Crippen molar-refractivity contribution in [1.29, 1.82) is 0 Å². The minimum atomic E-state index is -3.99. The van der Waals surface area contributed by atoms with Crippen molar-refractivity contribution < 1.29 is 18.3 Å². The fourth-order valence-corrected chi connectivity index (χ4v) is 6.05. The predicted molar refractivity (Wildman–Crippen MR) is 129 cm³/mol. The monoisotopic (exact) mass is 491 g/mol. The molecule has 0 radical (unpaired) electrons. The van der Waals surface area contributed by atoms with Gasteiger partial charge >= 0.3 is 5.97 Å². The van der Waals surface area contributed by atoms with E-state index in [1.807, 2.05) is 38.1 Å². The summed E-state index contributed by atoms with van der Waals surface area (Å²) >= 11 is 12.4. The van der Waals surface area contributed by atoms with Crippen LogP contribution in [-0.2, 0) is 21.2 Å². The number of anilines is 1. The van der Waals surface area contributed by atoms with Crippen molar-refractivity contribution in [2.45, 2.75) is 25.2 Å².